The van der Waals surface area contributed by atoms with Crippen LogP contribution >= 0.6 is 27.5 Å². The third-order valence-electron chi connectivity index (χ3n) is 5.75. The number of halogens is 2. The van der Waals surface area contributed by atoms with Crippen LogP contribution < -0.4 is 9.62 Å². The number of nitrogens with zero attached hydrogens (tertiary/aromatic N) is 1. The largest absolute Gasteiger partial charge is 0.369 e. The maximum absolute atomic E-state index is 13.1. The Bertz CT molecular complexity index is 761. The predicted molar refractivity (Wildman–Crippen MR) is 105 cm³/mol. The Balaban J connectivity index is 1.74. The fraction of sp³-hybridized carbons (Fsp3) is 0.667. The number of fused-ring (bicyclic) bond motifs is 1. The normalized spacial score (nSPS) is 27.0. The van der Waals surface area contributed by atoms with Crippen LogP contribution in [0.15, 0.2) is 21.5 Å². The summed E-state index contributed by atoms with van der Waals surface area (Å²) >= 11 is 9.69. The predicted octanol–water partition coefficient (Wildman–Crippen LogP) is 4.56. The van der Waals surface area contributed by atoms with Crippen molar-refractivity contribution in [2.45, 2.75) is 55.9 Å². The molecule has 4 nitrogen and oxygen atoms in total. The third-order valence-corrected chi connectivity index (χ3v) is 8.47. The smallest absolute Gasteiger partial charge is 0.242 e. The molecule has 0 spiro atoms. The molecule has 25 heavy (non-hydrogen) atoms. The SMILES string of the molecule is O=S1(=O)N[C@H](C2CCCCC2)CN(CC2CC2)c2cc(Cl)c(Br)cc21. The summed E-state index contributed by atoms with van der Waals surface area (Å²) in [6.07, 6.45) is 8.39. The van der Waals surface area contributed by atoms with Crippen molar-refractivity contribution in [1.82, 2.24) is 4.72 Å². The van der Waals surface area contributed by atoms with E-state index in [0.717, 1.165) is 31.6 Å². The zero-order valence-corrected chi connectivity index (χ0v) is 17.3. The van der Waals surface area contributed by atoms with Crippen molar-refractivity contribution in [2.75, 3.05) is 18.0 Å². The molecule has 1 aromatic carbocycles. The molecular weight excluding hydrogens is 424 g/mol. The lowest BCUT2D eigenvalue weighted by Crippen LogP contribution is -2.46. The van der Waals surface area contributed by atoms with Crippen molar-refractivity contribution in [3.05, 3.63) is 21.6 Å². The molecule has 1 N–H and O–H groups in total. The molecule has 0 bridgehead atoms. The van der Waals surface area contributed by atoms with E-state index in [2.05, 4.69) is 25.6 Å². The number of hydrogen-bond acceptors (Lipinski definition) is 3. The van der Waals surface area contributed by atoms with Crippen molar-refractivity contribution >= 4 is 43.2 Å². The average Bonchev–Trinajstić information content (AvgIpc) is 3.40. The fourth-order valence-corrected chi connectivity index (χ4v) is 6.36. The molecule has 1 aliphatic heterocycles. The second-order valence-corrected chi connectivity index (χ2v) is 10.7. The van der Waals surface area contributed by atoms with Gasteiger partial charge in [0.15, 0.2) is 0 Å². The number of hydrogen-bond donors (Lipinski definition) is 1. The summed E-state index contributed by atoms with van der Waals surface area (Å²) in [7, 11) is -3.54. The van der Waals surface area contributed by atoms with Crippen LogP contribution in [-0.2, 0) is 10.0 Å². The van der Waals surface area contributed by atoms with E-state index in [1.807, 2.05) is 6.07 Å². The van der Waals surface area contributed by atoms with E-state index in [0.29, 0.717) is 26.2 Å². The van der Waals surface area contributed by atoms with Crippen LogP contribution in [0.2, 0.25) is 5.02 Å². The van der Waals surface area contributed by atoms with Gasteiger partial charge in [-0.15, -0.1) is 0 Å². The Labute approximate surface area is 163 Å². The first-order chi connectivity index (χ1) is 11.9. The van der Waals surface area contributed by atoms with Gasteiger partial charge in [0, 0.05) is 23.6 Å². The molecule has 0 saturated heterocycles. The van der Waals surface area contributed by atoms with Gasteiger partial charge in [-0.05, 0) is 65.6 Å². The van der Waals surface area contributed by atoms with Gasteiger partial charge in [0.05, 0.1) is 10.7 Å². The Morgan fingerprint density at radius 3 is 2.56 bits per heavy atom. The van der Waals surface area contributed by atoms with Crippen molar-refractivity contribution in [2.24, 2.45) is 11.8 Å². The third kappa shape index (κ3) is 3.87. The van der Waals surface area contributed by atoms with E-state index in [1.165, 1.54) is 32.1 Å². The lowest BCUT2D eigenvalue weighted by atomic mass is 9.84. The minimum Gasteiger partial charge on any atom is -0.369 e. The van der Waals surface area contributed by atoms with E-state index in [1.54, 1.807) is 6.07 Å². The molecule has 0 aromatic heterocycles. The first kappa shape index (κ1) is 18.1. The molecule has 1 aromatic rings. The molecule has 2 fully saturated rings. The molecule has 3 aliphatic rings. The van der Waals surface area contributed by atoms with Crippen molar-refractivity contribution in [1.29, 1.82) is 0 Å². The average molecular weight is 448 g/mol. The van der Waals surface area contributed by atoms with Gasteiger partial charge in [0.2, 0.25) is 10.0 Å². The first-order valence-corrected chi connectivity index (χ1v) is 11.9. The summed E-state index contributed by atoms with van der Waals surface area (Å²) in [5, 5.41) is 0.561. The van der Waals surface area contributed by atoms with Gasteiger partial charge in [-0.2, -0.15) is 0 Å². The topological polar surface area (TPSA) is 49.4 Å². The number of sulfonamides is 1. The highest BCUT2D eigenvalue weighted by Crippen LogP contribution is 2.40. The van der Waals surface area contributed by atoms with Crippen LogP contribution in [0, 0.1) is 11.8 Å². The summed E-state index contributed by atoms with van der Waals surface area (Å²) < 4.78 is 29.8. The minimum atomic E-state index is -3.54. The van der Waals surface area contributed by atoms with Crippen LogP contribution in [0.25, 0.3) is 0 Å². The van der Waals surface area contributed by atoms with E-state index >= 15 is 0 Å². The molecule has 0 radical (unpaired) electrons. The van der Waals surface area contributed by atoms with Gasteiger partial charge < -0.3 is 4.90 Å². The number of benzene rings is 1. The summed E-state index contributed by atoms with van der Waals surface area (Å²) in [5.41, 5.74) is 0.755. The van der Waals surface area contributed by atoms with E-state index in [9.17, 15) is 8.42 Å². The van der Waals surface area contributed by atoms with Gasteiger partial charge >= 0.3 is 0 Å². The number of nitrogens with one attached hydrogen (secondary N) is 1. The number of anilines is 1. The Morgan fingerprint density at radius 2 is 1.88 bits per heavy atom. The Morgan fingerprint density at radius 1 is 1.16 bits per heavy atom. The zero-order valence-electron chi connectivity index (χ0n) is 14.2. The monoisotopic (exact) mass is 446 g/mol. The highest BCUT2D eigenvalue weighted by Gasteiger charge is 2.37. The molecule has 7 heteroatoms. The molecule has 138 valence electrons. The highest BCUT2D eigenvalue weighted by molar-refractivity contribution is 9.10. The lowest BCUT2D eigenvalue weighted by Gasteiger charge is -2.33. The maximum Gasteiger partial charge on any atom is 0.242 e. The standard InChI is InChI=1S/C18H24BrClN2O2S/c19-14-8-18-17(9-15(14)20)22(10-12-6-7-12)11-16(21-25(18,23)24)13-4-2-1-3-5-13/h8-9,12-13,16,21H,1-7,10-11H2/t16-/m0/s1. The first-order valence-electron chi connectivity index (χ1n) is 9.20. The number of rotatable bonds is 3. The molecule has 2 aliphatic carbocycles. The second-order valence-electron chi connectivity index (χ2n) is 7.71. The molecule has 0 amide bonds. The van der Waals surface area contributed by atoms with E-state index in [4.69, 9.17) is 11.6 Å². The lowest BCUT2D eigenvalue weighted by molar-refractivity contribution is 0.291. The van der Waals surface area contributed by atoms with Gasteiger partial charge in [-0.1, -0.05) is 30.9 Å². The van der Waals surface area contributed by atoms with E-state index < -0.39 is 10.0 Å². The van der Waals surface area contributed by atoms with Crippen LogP contribution in [-0.4, -0.2) is 27.5 Å². The molecule has 2 saturated carbocycles. The quantitative estimate of drug-likeness (QED) is 0.739. The molecule has 4 rings (SSSR count). The van der Waals surface area contributed by atoms with Gasteiger partial charge in [-0.25, -0.2) is 13.1 Å². The van der Waals surface area contributed by atoms with Gasteiger partial charge in [-0.3, -0.25) is 0 Å². The molecule has 1 heterocycles. The highest BCUT2D eigenvalue weighted by atomic mass is 79.9. The molecular formula is C18H24BrClN2O2S. The van der Waals surface area contributed by atoms with Gasteiger partial charge in [0.1, 0.15) is 4.90 Å². The molecule has 1 atom stereocenters. The van der Waals surface area contributed by atoms with E-state index in [-0.39, 0.29) is 6.04 Å². The van der Waals surface area contributed by atoms with Crippen molar-refractivity contribution in [3.63, 3.8) is 0 Å². The van der Waals surface area contributed by atoms with Crippen LogP contribution in [0.3, 0.4) is 0 Å². The van der Waals surface area contributed by atoms with Crippen molar-refractivity contribution < 1.29 is 8.42 Å². The summed E-state index contributed by atoms with van der Waals surface area (Å²) in [6.45, 7) is 1.66. The molecule has 0 unspecified atom stereocenters. The van der Waals surface area contributed by atoms with Gasteiger partial charge in [0.25, 0.3) is 0 Å². The minimum absolute atomic E-state index is 0.0194. The maximum atomic E-state index is 13.1. The Hall–Kier alpha value is -0.300. The van der Waals surface area contributed by atoms with Crippen LogP contribution in [0.4, 0.5) is 5.69 Å². The Kier molecular flexibility index (Phi) is 5.08. The van der Waals surface area contributed by atoms with Crippen LogP contribution in [0.5, 0.6) is 0 Å². The second kappa shape index (κ2) is 7.02. The fourth-order valence-electron chi connectivity index (χ4n) is 4.18. The van der Waals surface area contributed by atoms with Crippen LogP contribution in [0.1, 0.15) is 44.9 Å². The zero-order chi connectivity index (χ0) is 17.6. The summed E-state index contributed by atoms with van der Waals surface area (Å²) in [6, 6.07) is 3.45. The van der Waals surface area contributed by atoms with Crippen molar-refractivity contribution in [3.8, 4) is 0 Å². The summed E-state index contributed by atoms with van der Waals surface area (Å²) in [4.78, 5) is 2.62. The summed E-state index contributed by atoms with van der Waals surface area (Å²) in [5.74, 6) is 1.11.